The molecule has 3 nitrogen and oxygen atoms in total. The fraction of sp³-hybridized carbons (Fsp3) is 0.867. The summed E-state index contributed by atoms with van der Waals surface area (Å²) in [5.74, 6) is 1.21. The van der Waals surface area contributed by atoms with E-state index in [9.17, 15) is 0 Å². The van der Waals surface area contributed by atoms with Gasteiger partial charge in [0.15, 0.2) is 0 Å². The molecule has 1 aromatic rings. The number of thioether (sulfide) groups is 1. The molecule has 0 amide bonds. The Morgan fingerprint density at radius 2 is 2.15 bits per heavy atom. The molecule has 1 aromatic heterocycles. The molecular weight excluding hydrogens is 286 g/mol. The SMILES string of the molecule is CCCCCCSc1nsnc1C12CCCN(CC1)C2. The molecule has 2 bridgehead atoms. The van der Waals surface area contributed by atoms with E-state index in [1.165, 1.54) is 92.8 Å². The lowest BCUT2D eigenvalue weighted by atomic mass is 9.78. The van der Waals surface area contributed by atoms with Crippen LogP contribution in [0.4, 0.5) is 0 Å². The number of nitrogens with zero attached hydrogens (tertiary/aromatic N) is 3. The first kappa shape index (κ1) is 14.8. The van der Waals surface area contributed by atoms with Gasteiger partial charge in [0.05, 0.1) is 17.4 Å². The minimum absolute atomic E-state index is 0.344. The number of aromatic nitrogens is 2. The maximum atomic E-state index is 4.71. The van der Waals surface area contributed by atoms with Gasteiger partial charge in [0.2, 0.25) is 0 Å². The van der Waals surface area contributed by atoms with Crippen LogP contribution in [0.25, 0.3) is 0 Å². The van der Waals surface area contributed by atoms with E-state index in [4.69, 9.17) is 4.37 Å². The number of rotatable bonds is 7. The number of hydrogen-bond acceptors (Lipinski definition) is 5. The standard InChI is InChI=1S/C15H25N3S2/c1-2-3-4-5-11-19-14-13(16-20-17-14)15-7-6-9-18(12-15)10-8-15/h2-12H2,1H3. The van der Waals surface area contributed by atoms with E-state index in [0.717, 1.165) is 0 Å². The number of hydrogen-bond donors (Lipinski definition) is 0. The van der Waals surface area contributed by atoms with Crippen LogP contribution in [0.1, 0.15) is 57.6 Å². The second kappa shape index (κ2) is 6.75. The number of unbranched alkanes of at least 4 members (excludes halogenated alkanes) is 3. The fourth-order valence-corrected chi connectivity index (χ4v) is 5.48. The topological polar surface area (TPSA) is 29.0 Å². The molecule has 0 aromatic carbocycles. The first-order chi connectivity index (χ1) is 9.84. The van der Waals surface area contributed by atoms with Crippen LogP contribution in [-0.4, -0.2) is 39.0 Å². The summed E-state index contributed by atoms with van der Waals surface area (Å²) in [6.07, 6.45) is 9.29. The zero-order valence-corrected chi connectivity index (χ0v) is 14.1. The molecule has 3 heterocycles. The van der Waals surface area contributed by atoms with Crippen molar-refractivity contribution in [3.63, 3.8) is 0 Å². The second-order valence-corrected chi connectivity index (χ2v) is 7.85. The van der Waals surface area contributed by atoms with Crippen LogP contribution in [0.2, 0.25) is 0 Å². The van der Waals surface area contributed by atoms with Crippen LogP contribution in [0.3, 0.4) is 0 Å². The molecule has 3 rings (SSSR count). The van der Waals surface area contributed by atoms with Gasteiger partial charge in [-0.2, -0.15) is 8.75 Å². The lowest BCUT2D eigenvalue weighted by Crippen LogP contribution is -2.37. The van der Waals surface area contributed by atoms with Gasteiger partial charge < -0.3 is 4.90 Å². The molecule has 0 spiro atoms. The zero-order valence-electron chi connectivity index (χ0n) is 12.4. The van der Waals surface area contributed by atoms with Gasteiger partial charge in [0.1, 0.15) is 5.03 Å². The van der Waals surface area contributed by atoms with E-state index < -0.39 is 0 Å². The Labute approximate surface area is 130 Å². The predicted molar refractivity (Wildman–Crippen MR) is 86.7 cm³/mol. The molecular formula is C15H25N3S2. The average Bonchev–Trinajstić information content (AvgIpc) is 3.05. The van der Waals surface area contributed by atoms with Crippen LogP contribution in [0, 0.1) is 0 Å². The Kier molecular flexibility index (Phi) is 5.00. The quantitative estimate of drug-likeness (QED) is 0.563. The summed E-state index contributed by atoms with van der Waals surface area (Å²) in [6, 6.07) is 0. The monoisotopic (exact) mass is 311 g/mol. The summed E-state index contributed by atoms with van der Waals surface area (Å²) in [4.78, 5) is 2.61. The van der Waals surface area contributed by atoms with Crippen molar-refractivity contribution in [3.8, 4) is 0 Å². The minimum Gasteiger partial charge on any atom is -0.302 e. The van der Waals surface area contributed by atoms with Gasteiger partial charge in [0, 0.05) is 12.0 Å². The highest BCUT2D eigenvalue weighted by molar-refractivity contribution is 7.99. The minimum atomic E-state index is 0.344. The molecule has 2 fully saturated rings. The van der Waals surface area contributed by atoms with Crippen molar-refractivity contribution in [1.82, 2.24) is 13.6 Å². The average molecular weight is 312 g/mol. The van der Waals surface area contributed by atoms with Crippen molar-refractivity contribution in [3.05, 3.63) is 5.69 Å². The van der Waals surface area contributed by atoms with E-state index in [0.29, 0.717) is 5.41 Å². The summed E-state index contributed by atoms with van der Waals surface area (Å²) in [5.41, 5.74) is 1.68. The highest BCUT2D eigenvalue weighted by Gasteiger charge is 2.45. The summed E-state index contributed by atoms with van der Waals surface area (Å²) in [6.45, 7) is 6.04. The Balaban J connectivity index is 1.61. The van der Waals surface area contributed by atoms with Gasteiger partial charge in [-0.15, -0.1) is 11.8 Å². The molecule has 2 aliphatic heterocycles. The van der Waals surface area contributed by atoms with E-state index in [-0.39, 0.29) is 0 Å². The van der Waals surface area contributed by atoms with E-state index in [1.807, 2.05) is 11.8 Å². The van der Waals surface area contributed by atoms with Gasteiger partial charge >= 0.3 is 0 Å². The van der Waals surface area contributed by atoms with Crippen LogP contribution in [-0.2, 0) is 5.41 Å². The Morgan fingerprint density at radius 1 is 1.20 bits per heavy atom. The highest BCUT2D eigenvalue weighted by atomic mass is 32.2. The molecule has 0 radical (unpaired) electrons. The van der Waals surface area contributed by atoms with Crippen molar-refractivity contribution in [1.29, 1.82) is 0 Å². The smallest absolute Gasteiger partial charge is 0.134 e. The molecule has 0 aliphatic carbocycles. The lowest BCUT2D eigenvalue weighted by molar-refractivity contribution is 0.238. The molecule has 2 unspecified atom stereocenters. The third-order valence-corrected chi connectivity index (χ3v) is 6.45. The molecule has 0 N–H and O–H groups in total. The van der Waals surface area contributed by atoms with Gasteiger partial charge in [0.25, 0.3) is 0 Å². The summed E-state index contributed by atoms with van der Waals surface area (Å²) in [7, 11) is 0. The summed E-state index contributed by atoms with van der Waals surface area (Å²) >= 11 is 3.37. The number of fused-ring (bicyclic) bond motifs is 2. The predicted octanol–water partition coefficient (Wildman–Crippen LogP) is 3.95. The Hall–Kier alpha value is -0.130. The molecule has 2 aliphatic rings. The van der Waals surface area contributed by atoms with Crippen molar-refractivity contribution < 1.29 is 0 Å². The van der Waals surface area contributed by atoms with Crippen molar-refractivity contribution in [2.24, 2.45) is 0 Å². The Bertz CT molecular complexity index is 431. The summed E-state index contributed by atoms with van der Waals surface area (Å²) < 4.78 is 9.30. The fourth-order valence-electron chi connectivity index (χ4n) is 3.60. The third-order valence-electron chi connectivity index (χ3n) is 4.76. The normalized spacial score (nSPS) is 28.9. The van der Waals surface area contributed by atoms with Gasteiger partial charge in [-0.3, -0.25) is 0 Å². The molecule has 5 heteroatoms. The molecule has 112 valence electrons. The molecule has 0 saturated carbocycles. The van der Waals surface area contributed by atoms with E-state index in [2.05, 4.69) is 16.2 Å². The first-order valence-corrected chi connectivity index (χ1v) is 9.74. The van der Waals surface area contributed by atoms with Crippen molar-refractivity contribution in [2.75, 3.05) is 25.4 Å². The largest absolute Gasteiger partial charge is 0.302 e. The van der Waals surface area contributed by atoms with Gasteiger partial charge in [-0.05, 0) is 44.5 Å². The van der Waals surface area contributed by atoms with Crippen molar-refractivity contribution in [2.45, 2.75) is 62.3 Å². The maximum absolute atomic E-state index is 4.71. The highest BCUT2D eigenvalue weighted by Crippen LogP contribution is 2.44. The lowest BCUT2D eigenvalue weighted by Gasteiger charge is -2.32. The molecule has 2 atom stereocenters. The van der Waals surface area contributed by atoms with Gasteiger partial charge in [-0.1, -0.05) is 26.2 Å². The molecule has 20 heavy (non-hydrogen) atoms. The van der Waals surface area contributed by atoms with Crippen molar-refractivity contribution >= 4 is 23.5 Å². The van der Waals surface area contributed by atoms with Crippen LogP contribution < -0.4 is 0 Å². The zero-order chi connectivity index (χ0) is 13.8. The summed E-state index contributed by atoms with van der Waals surface area (Å²) in [5, 5.41) is 1.25. The number of piperidine rings is 1. The Morgan fingerprint density at radius 3 is 3.05 bits per heavy atom. The maximum Gasteiger partial charge on any atom is 0.134 e. The van der Waals surface area contributed by atoms with Crippen LogP contribution >= 0.6 is 23.5 Å². The second-order valence-electron chi connectivity index (χ2n) is 6.24. The first-order valence-electron chi connectivity index (χ1n) is 8.02. The van der Waals surface area contributed by atoms with E-state index >= 15 is 0 Å². The van der Waals surface area contributed by atoms with Crippen LogP contribution in [0.5, 0.6) is 0 Å². The van der Waals surface area contributed by atoms with E-state index in [1.54, 1.807) is 0 Å². The molecule has 2 saturated heterocycles. The van der Waals surface area contributed by atoms with Crippen LogP contribution in [0.15, 0.2) is 5.03 Å². The van der Waals surface area contributed by atoms with Gasteiger partial charge in [-0.25, -0.2) is 0 Å². The third kappa shape index (κ3) is 3.04.